The predicted octanol–water partition coefficient (Wildman–Crippen LogP) is 12.6. The highest BCUT2D eigenvalue weighted by Gasteiger charge is 2.20. The van der Waals surface area contributed by atoms with Crippen LogP contribution in [-0.2, 0) is 0 Å². The van der Waals surface area contributed by atoms with E-state index in [1.54, 1.807) is 0 Å². The van der Waals surface area contributed by atoms with Crippen molar-refractivity contribution in [2.45, 2.75) is 9.79 Å². The summed E-state index contributed by atoms with van der Waals surface area (Å²) in [6, 6.07) is 60.2. The van der Waals surface area contributed by atoms with Crippen LogP contribution in [0.15, 0.2) is 174 Å². The Balaban J connectivity index is 1.12. The van der Waals surface area contributed by atoms with E-state index in [1.807, 2.05) is 11.8 Å². The van der Waals surface area contributed by atoms with Crippen molar-refractivity contribution in [3.63, 3.8) is 0 Å². The standard InChI is InChI=1S/C44H27NS/c1-2-10-32(11-3-1)45-39-24-22-31(27-38(39)43-34-12-5-4-9-29(34)21-25-40(43)45)28-17-19-30(20-18-28)33-23-26-42-44-36(33)14-8-15-37(44)35-13-6-7-16-41(35)46-42/h1-27H. The maximum atomic E-state index is 2.40. The van der Waals surface area contributed by atoms with Gasteiger partial charge in [-0.2, -0.15) is 0 Å². The molecule has 214 valence electrons. The van der Waals surface area contributed by atoms with E-state index >= 15 is 0 Å². The highest BCUT2D eigenvalue weighted by atomic mass is 32.2. The summed E-state index contributed by atoms with van der Waals surface area (Å²) in [5.41, 5.74) is 11.3. The molecular formula is C44H27NS. The Morgan fingerprint density at radius 2 is 1.09 bits per heavy atom. The maximum absolute atomic E-state index is 2.40. The lowest BCUT2D eigenvalue weighted by atomic mass is 9.91. The number of nitrogens with zero attached hydrogens (tertiary/aromatic N) is 1. The lowest BCUT2D eigenvalue weighted by Crippen LogP contribution is -1.94. The average Bonchev–Trinajstić information content (AvgIpc) is 3.46. The molecular weight excluding hydrogens is 575 g/mol. The van der Waals surface area contributed by atoms with E-state index in [9.17, 15) is 0 Å². The van der Waals surface area contributed by atoms with Gasteiger partial charge in [0.05, 0.1) is 11.0 Å². The molecule has 1 nitrogen and oxygen atoms in total. The van der Waals surface area contributed by atoms with E-state index in [0.717, 1.165) is 0 Å². The van der Waals surface area contributed by atoms with Gasteiger partial charge in [-0.25, -0.2) is 0 Å². The van der Waals surface area contributed by atoms with Crippen molar-refractivity contribution >= 4 is 55.1 Å². The van der Waals surface area contributed by atoms with Crippen molar-refractivity contribution in [3.05, 3.63) is 164 Å². The van der Waals surface area contributed by atoms with Gasteiger partial charge < -0.3 is 4.57 Å². The van der Waals surface area contributed by atoms with Gasteiger partial charge in [-0.3, -0.25) is 0 Å². The van der Waals surface area contributed by atoms with Crippen LogP contribution in [0, 0.1) is 0 Å². The molecule has 1 aliphatic heterocycles. The van der Waals surface area contributed by atoms with Crippen molar-refractivity contribution in [1.29, 1.82) is 0 Å². The van der Waals surface area contributed by atoms with Crippen molar-refractivity contribution < 1.29 is 0 Å². The average molecular weight is 602 g/mol. The Morgan fingerprint density at radius 1 is 0.370 bits per heavy atom. The molecule has 2 heteroatoms. The topological polar surface area (TPSA) is 4.93 Å². The fourth-order valence-electron chi connectivity index (χ4n) is 7.50. The molecule has 0 saturated heterocycles. The van der Waals surface area contributed by atoms with E-state index in [4.69, 9.17) is 0 Å². The van der Waals surface area contributed by atoms with Crippen LogP contribution < -0.4 is 0 Å². The number of fused-ring (bicyclic) bond motifs is 7. The molecule has 0 radical (unpaired) electrons. The van der Waals surface area contributed by atoms with Gasteiger partial charge in [0.1, 0.15) is 0 Å². The fraction of sp³-hybridized carbons (Fsp3) is 0. The van der Waals surface area contributed by atoms with Gasteiger partial charge >= 0.3 is 0 Å². The molecule has 8 aromatic carbocycles. The van der Waals surface area contributed by atoms with Crippen molar-refractivity contribution in [3.8, 4) is 39.1 Å². The highest BCUT2D eigenvalue weighted by molar-refractivity contribution is 7.99. The minimum absolute atomic E-state index is 1.18. The summed E-state index contributed by atoms with van der Waals surface area (Å²) in [5.74, 6) is 0. The Labute approximate surface area is 271 Å². The summed E-state index contributed by atoms with van der Waals surface area (Å²) in [6.45, 7) is 0. The first-order valence-corrected chi connectivity index (χ1v) is 16.6. The second kappa shape index (κ2) is 9.97. The van der Waals surface area contributed by atoms with Crippen molar-refractivity contribution in [1.82, 2.24) is 4.57 Å². The molecule has 0 saturated carbocycles. The van der Waals surface area contributed by atoms with Crippen LogP contribution in [0.5, 0.6) is 0 Å². The second-order valence-corrected chi connectivity index (χ2v) is 13.2. The summed E-state index contributed by atoms with van der Waals surface area (Å²) in [7, 11) is 0. The number of rotatable bonds is 3. The molecule has 0 aliphatic carbocycles. The zero-order chi connectivity index (χ0) is 30.2. The Kier molecular flexibility index (Phi) is 5.58. The van der Waals surface area contributed by atoms with Crippen LogP contribution in [0.2, 0.25) is 0 Å². The molecule has 10 rings (SSSR count). The van der Waals surface area contributed by atoms with Gasteiger partial charge in [-0.1, -0.05) is 133 Å². The number of hydrogen-bond donors (Lipinski definition) is 0. The molecule has 0 bridgehead atoms. The zero-order valence-corrected chi connectivity index (χ0v) is 25.8. The first kappa shape index (κ1) is 25.7. The van der Waals surface area contributed by atoms with E-state index < -0.39 is 0 Å². The summed E-state index contributed by atoms with van der Waals surface area (Å²) in [6.07, 6.45) is 0. The minimum atomic E-state index is 1.18. The van der Waals surface area contributed by atoms with Crippen LogP contribution in [0.1, 0.15) is 0 Å². The lowest BCUT2D eigenvalue weighted by Gasteiger charge is -2.21. The number of benzene rings is 8. The fourth-order valence-corrected chi connectivity index (χ4v) is 8.63. The molecule has 0 fully saturated rings. The second-order valence-electron chi connectivity index (χ2n) is 12.1. The minimum Gasteiger partial charge on any atom is -0.309 e. The van der Waals surface area contributed by atoms with Crippen LogP contribution in [-0.4, -0.2) is 4.57 Å². The number of hydrogen-bond acceptors (Lipinski definition) is 1. The van der Waals surface area contributed by atoms with E-state index in [2.05, 4.69) is 168 Å². The summed E-state index contributed by atoms with van der Waals surface area (Å²) >= 11 is 1.88. The molecule has 1 aromatic heterocycles. The molecule has 0 amide bonds. The number of aromatic nitrogens is 1. The van der Waals surface area contributed by atoms with Crippen molar-refractivity contribution in [2.24, 2.45) is 0 Å². The summed E-state index contributed by atoms with van der Waals surface area (Å²) in [4.78, 5) is 2.66. The van der Waals surface area contributed by atoms with Crippen LogP contribution >= 0.6 is 11.8 Å². The smallest absolute Gasteiger partial charge is 0.0547 e. The van der Waals surface area contributed by atoms with Crippen LogP contribution in [0.25, 0.3) is 82.4 Å². The van der Waals surface area contributed by atoms with Crippen LogP contribution in [0.4, 0.5) is 0 Å². The third-order valence-corrected chi connectivity index (χ3v) is 10.7. The molecule has 0 spiro atoms. The van der Waals surface area contributed by atoms with E-state index in [-0.39, 0.29) is 0 Å². The molecule has 9 aromatic rings. The highest BCUT2D eigenvalue weighted by Crippen LogP contribution is 2.49. The zero-order valence-electron chi connectivity index (χ0n) is 24.9. The Bertz CT molecular complexity index is 2650. The molecule has 0 atom stereocenters. The normalized spacial score (nSPS) is 12.3. The van der Waals surface area contributed by atoms with Gasteiger partial charge in [0.2, 0.25) is 0 Å². The third-order valence-electron chi connectivity index (χ3n) is 9.60. The predicted molar refractivity (Wildman–Crippen MR) is 196 cm³/mol. The van der Waals surface area contributed by atoms with Gasteiger partial charge in [0.25, 0.3) is 0 Å². The molecule has 1 aliphatic rings. The maximum Gasteiger partial charge on any atom is 0.0547 e. The SMILES string of the molecule is c1ccc(-n2c3ccc(-c4ccc(-c5ccc6c7c(cccc57)-c5ccccc5S6)cc4)cc3c3c4ccccc4ccc32)cc1. The van der Waals surface area contributed by atoms with Gasteiger partial charge in [-0.15, -0.1) is 0 Å². The quantitative estimate of drug-likeness (QED) is 0.195. The Hall–Kier alpha value is -5.57. The largest absolute Gasteiger partial charge is 0.309 e. The number of para-hydroxylation sites is 1. The third kappa shape index (κ3) is 3.77. The monoisotopic (exact) mass is 601 g/mol. The Morgan fingerprint density at radius 3 is 2.00 bits per heavy atom. The summed E-state index contributed by atoms with van der Waals surface area (Å²) in [5, 5.41) is 7.81. The molecule has 0 unspecified atom stereocenters. The van der Waals surface area contributed by atoms with Gasteiger partial charge in [0.15, 0.2) is 0 Å². The van der Waals surface area contributed by atoms with Crippen molar-refractivity contribution in [2.75, 3.05) is 0 Å². The molecule has 46 heavy (non-hydrogen) atoms. The van der Waals surface area contributed by atoms with Crippen LogP contribution in [0.3, 0.4) is 0 Å². The van der Waals surface area contributed by atoms with Gasteiger partial charge in [-0.05, 0) is 92.0 Å². The van der Waals surface area contributed by atoms with E-state index in [1.165, 1.54) is 92.2 Å². The molecule has 2 heterocycles. The van der Waals surface area contributed by atoms with E-state index in [0.29, 0.717) is 0 Å². The summed E-state index contributed by atoms with van der Waals surface area (Å²) < 4.78 is 2.40. The first-order valence-electron chi connectivity index (χ1n) is 15.8. The lowest BCUT2D eigenvalue weighted by molar-refractivity contribution is 1.18. The van der Waals surface area contributed by atoms with Gasteiger partial charge in [0, 0.05) is 31.6 Å². The molecule has 0 N–H and O–H groups in total. The first-order chi connectivity index (χ1) is 22.8.